The van der Waals surface area contributed by atoms with E-state index in [2.05, 4.69) is 9.71 Å². The highest BCUT2D eigenvalue weighted by atomic mass is 32.2. The number of rotatable bonds is 9. The van der Waals surface area contributed by atoms with E-state index in [1.54, 1.807) is 31.2 Å². The first-order valence-electron chi connectivity index (χ1n) is 8.05. The van der Waals surface area contributed by atoms with Crippen LogP contribution in [0.5, 0.6) is 5.75 Å². The van der Waals surface area contributed by atoms with Crippen molar-refractivity contribution >= 4 is 19.9 Å². The molecule has 9 heteroatoms. The molecule has 1 atom stereocenters. The van der Waals surface area contributed by atoms with Gasteiger partial charge in [-0.1, -0.05) is 13.0 Å². The van der Waals surface area contributed by atoms with E-state index >= 15 is 0 Å². The summed E-state index contributed by atoms with van der Waals surface area (Å²) in [6.07, 6.45) is 3.40. The maximum absolute atomic E-state index is 13.1. The number of sulfone groups is 1. The van der Waals surface area contributed by atoms with Crippen LogP contribution in [-0.2, 0) is 19.9 Å². The van der Waals surface area contributed by atoms with Crippen molar-refractivity contribution in [2.75, 3.05) is 19.4 Å². The van der Waals surface area contributed by atoms with E-state index in [4.69, 9.17) is 4.74 Å². The molecule has 0 aliphatic carbocycles. The second-order valence-corrected chi connectivity index (χ2v) is 9.72. The first kappa shape index (κ1) is 20.3. The summed E-state index contributed by atoms with van der Waals surface area (Å²) in [5, 5.41) is -1.09. The third-order valence-corrected chi connectivity index (χ3v) is 7.45. The third-order valence-electron chi connectivity index (χ3n) is 3.78. The van der Waals surface area contributed by atoms with Crippen molar-refractivity contribution in [1.29, 1.82) is 0 Å². The second-order valence-electron chi connectivity index (χ2n) is 5.66. The molecule has 0 saturated heterocycles. The largest absolute Gasteiger partial charge is 0.497 e. The lowest BCUT2D eigenvalue weighted by molar-refractivity contribution is 0.414. The summed E-state index contributed by atoms with van der Waals surface area (Å²) < 4.78 is 57.6. The zero-order valence-corrected chi connectivity index (χ0v) is 16.3. The van der Waals surface area contributed by atoms with Crippen LogP contribution in [0.4, 0.5) is 0 Å². The van der Waals surface area contributed by atoms with Crippen LogP contribution in [0.3, 0.4) is 0 Å². The fourth-order valence-electron chi connectivity index (χ4n) is 2.45. The second kappa shape index (κ2) is 8.61. The number of hydrogen-bond acceptors (Lipinski definition) is 6. The zero-order valence-electron chi connectivity index (χ0n) is 14.6. The van der Waals surface area contributed by atoms with Crippen molar-refractivity contribution in [1.82, 2.24) is 9.71 Å². The summed E-state index contributed by atoms with van der Waals surface area (Å²) >= 11 is 0. The molecule has 0 aliphatic heterocycles. The van der Waals surface area contributed by atoms with E-state index in [0.29, 0.717) is 17.7 Å². The molecule has 2 rings (SSSR count). The lowest BCUT2D eigenvalue weighted by Crippen LogP contribution is -2.33. The van der Waals surface area contributed by atoms with Crippen LogP contribution in [0.2, 0.25) is 0 Å². The smallest absolute Gasteiger partial charge is 0.211 e. The molecule has 0 saturated carbocycles. The monoisotopic (exact) mass is 398 g/mol. The van der Waals surface area contributed by atoms with Gasteiger partial charge < -0.3 is 4.74 Å². The number of pyridine rings is 1. The Labute approximate surface area is 154 Å². The highest BCUT2D eigenvalue weighted by molar-refractivity contribution is 7.92. The average Bonchev–Trinajstić information content (AvgIpc) is 2.62. The minimum atomic E-state index is -3.84. The van der Waals surface area contributed by atoms with Gasteiger partial charge in [-0.2, -0.15) is 0 Å². The van der Waals surface area contributed by atoms with Crippen LogP contribution >= 0.6 is 0 Å². The third kappa shape index (κ3) is 5.03. The lowest BCUT2D eigenvalue weighted by atomic mass is 10.2. The Morgan fingerprint density at radius 2 is 1.81 bits per heavy atom. The molecular formula is C17H22N2O5S2. The number of hydrogen-bond donors (Lipinski definition) is 1. The molecule has 0 bridgehead atoms. The number of sulfonamides is 1. The van der Waals surface area contributed by atoms with Crippen molar-refractivity contribution in [2.24, 2.45) is 0 Å². The molecule has 0 unspecified atom stereocenters. The molecule has 0 aliphatic rings. The Hall–Kier alpha value is -1.97. The summed E-state index contributed by atoms with van der Waals surface area (Å²) in [4.78, 5) is 4.04. The number of benzene rings is 1. The number of methoxy groups -OCH3 is 1. The predicted octanol–water partition coefficient (Wildman–Crippen LogP) is 1.93. The van der Waals surface area contributed by atoms with Crippen LogP contribution in [0.1, 0.15) is 24.2 Å². The van der Waals surface area contributed by atoms with E-state index in [1.165, 1.54) is 31.6 Å². The molecule has 26 heavy (non-hydrogen) atoms. The van der Waals surface area contributed by atoms with E-state index in [-0.39, 0.29) is 17.2 Å². The summed E-state index contributed by atoms with van der Waals surface area (Å²) in [5.74, 6) is 0.473. The van der Waals surface area contributed by atoms with E-state index in [0.717, 1.165) is 0 Å². The van der Waals surface area contributed by atoms with Crippen molar-refractivity contribution < 1.29 is 21.6 Å². The quantitative estimate of drug-likeness (QED) is 0.692. The topological polar surface area (TPSA) is 102 Å². The van der Waals surface area contributed by atoms with Gasteiger partial charge >= 0.3 is 0 Å². The van der Waals surface area contributed by atoms with Crippen molar-refractivity contribution in [3.63, 3.8) is 0 Å². The number of ether oxygens (including phenoxy) is 1. The Kier molecular flexibility index (Phi) is 6.74. The standard InChI is InChI=1S/C17H22N2O5S2/c1-3-11-25(20,21)19-13-17(14-5-4-10-18-12-14)26(22,23)16-8-6-15(24-2)7-9-16/h4-10,12,17,19H,3,11,13H2,1-2H3/t17-/m1/s1. The summed E-state index contributed by atoms with van der Waals surface area (Å²) in [7, 11) is -5.89. The van der Waals surface area contributed by atoms with Gasteiger partial charge in [0.2, 0.25) is 10.0 Å². The van der Waals surface area contributed by atoms with Crippen LogP contribution in [0, 0.1) is 0 Å². The van der Waals surface area contributed by atoms with Gasteiger partial charge in [-0.05, 0) is 42.3 Å². The minimum Gasteiger partial charge on any atom is -0.497 e. The van der Waals surface area contributed by atoms with E-state index in [1.807, 2.05) is 0 Å². The summed E-state index contributed by atoms with van der Waals surface area (Å²) in [5.41, 5.74) is 0.419. The molecule has 0 spiro atoms. The normalized spacial score (nSPS) is 13.3. The van der Waals surface area contributed by atoms with Crippen molar-refractivity contribution in [3.05, 3.63) is 54.4 Å². The maximum Gasteiger partial charge on any atom is 0.211 e. The molecule has 0 fully saturated rings. The Bertz CT molecular complexity index is 911. The average molecular weight is 399 g/mol. The Morgan fingerprint density at radius 1 is 1.12 bits per heavy atom. The van der Waals surface area contributed by atoms with E-state index in [9.17, 15) is 16.8 Å². The lowest BCUT2D eigenvalue weighted by Gasteiger charge is -2.19. The highest BCUT2D eigenvalue weighted by Gasteiger charge is 2.30. The molecule has 142 valence electrons. The summed E-state index contributed by atoms with van der Waals surface area (Å²) in [6.45, 7) is 1.48. The van der Waals surface area contributed by atoms with Crippen LogP contribution in [-0.4, -0.2) is 41.2 Å². The molecule has 2 aromatic rings. The molecule has 0 amide bonds. The van der Waals surface area contributed by atoms with E-state index < -0.39 is 25.1 Å². The van der Waals surface area contributed by atoms with Gasteiger partial charge in [-0.3, -0.25) is 4.98 Å². The zero-order chi connectivity index (χ0) is 19.2. The first-order chi connectivity index (χ1) is 12.3. The van der Waals surface area contributed by atoms with Gasteiger partial charge in [0.05, 0.1) is 17.8 Å². The summed E-state index contributed by atoms with van der Waals surface area (Å²) in [6, 6.07) is 9.22. The SMILES string of the molecule is CCCS(=O)(=O)NC[C@H](c1cccnc1)S(=O)(=O)c1ccc(OC)cc1. The molecule has 1 aromatic carbocycles. The van der Waals surface area contributed by atoms with Crippen LogP contribution < -0.4 is 9.46 Å². The van der Waals surface area contributed by atoms with Gasteiger partial charge in [0.15, 0.2) is 9.84 Å². The molecule has 1 heterocycles. The van der Waals surface area contributed by atoms with Crippen LogP contribution in [0.25, 0.3) is 0 Å². The molecule has 1 N–H and O–H groups in total. The van der Waals surface area contributed by atoms with Gasteiger partial charge in [-0.15, -0.1) is 0 Å². The maximum atomic E-state index is 13.1. The molecule has 0 radical (unpaired) electrons. The van der Waals surface area contributed by atoms with Gasteiger partial charge in [0.25, 0.3) is 0 Å². The fourth-order valence-corrected chi connectivity index (χ4v) is 5.30. The van der Waals surface area contributed by atoms with Crippen LogP contribution in [0.15, 0.2) is 53.7 Å². The van der Waals surface area contributed by atoms with Crippen molar-refractivity contribution in [2.45, 2.75) is 23.5 Å². The molecular weight excluding hydrogens is 376 g/mol. The first-order valence-corrected chi connectivity index (χ1v) is 11.2. The number of nitrogens with one attached hydrogen (secondary N) is 1. The Morgan fingerprint density at radius 3 is 2.35 bits per heavy atom. The fraction of sp³-hybridized carbons (Fsp3) is 0.353. The van der Waals surface area contributed by atoms with Crippen molar-refractivity contribution in [3.8, 4) is 5.75 Å². The van der Waals surface area contributed by atoms with Gasteiger partial charge in [-0.25, -0.2) is 21.6 Å². The number of aromatic nitrogens is 1. The van der Waals surface area contributed by atoms with Gasteiger partial charge in [0.1, 0.15) is 11.0 Å². The minimum absolute atomic E-state index is 0.0602. The predicted molar refractivity (Wildman–Crippen MR) is 99.2 cm³/mol. The molecule has 7 nitrogen and oxygen atoms in total. The highest BCUT2D eigenvalue weighted by Crippen LogP contribution is 2.29. The van der Waals surface area contributed by atoms with Gasteiger partial charge in [0, 0.05) is 18.9 Å². The Balaban J connectivity index is 2.39. The number of nitrogens with zero attached hydrogens (tertiary/aromatic N) is 1. The molecule has 1 aromatic heterocycles.